The second-order valence-corrected chi connectivity index (χ2v) is 8.48. The Morgan fingerprint density at radius 1 is 1.32 bits per heavy atom. The highest BCUT2D eigenvalue weighted by Gasteiger charge is 2.23. The van der Waals surface area contributed by atoms with Gasteiger partial charge in [-0.3, -0.25) is 4.79 Å². The normalized spacial score (nSPS) is 17.8. The van der Waals surface area contributed by atoms with Crippen molar-refractivity contribution >= 4 is 37.8 Å². The first-order valence-electron chi connectivity index (χ1n) is 8.89. The fourth-order valence-corrected chi connectivity index (χ4v) is 4.88. The van der Waals surface area contributed by atoms with Crippen molar-refractivity contribution in [2.75, 3.05) is 20.2 Å². The summed E-state index contributed by atoms with van der Waals surface area (Å²) < 4.78 is 33.2. The number of aromatic amines is 2. The second kappa shape index (κ2) is 7.04. The highest BCUT2D eigenvalue weighted by Crippen LogP contribution is 2.27. The number of H-pyrrole nitrogens is 2. The minimum Gasteiger partial charge on any atom is -0.465 e. The number of esters is 1. The minimum atomic E-state index is -3.76. The molecule has 0 amide bonds. The van der Waals surface area contributed by atoms with Gasteiger partial charge in [-0.1, -0.05) is 0 Å². The SMILES string of the molecule is COC(=O)c1c[nH]c2c(=O)[nH]c3ccc(S(=O)(=O)NC4CCCNC4)cc3c12. The van der Waals surface area contributed by atoms with Crippen LogP contribution < -0.4 is 15.6 Å². The predicted octanol–water partition coefficient (Wildman–Crippen LogP) is 0.826. The van der Waals surface area contributed by atoms with E-state index in [-0.39, 0.29) is 22.0 Å². The van der Waals surface area contributed by atoms with Gasteiger partial charge in [0.2, 0.25) is 10.0 Å². The van der Waals surface area contributed by atoms with Gasteiger partial charge in [0.05, 0.1) is 17.6 Å². The maximum absolute atomic E-state index is 12.9. The third kappa shape index (κ3) is 3.19. The number of carbonyl (C=O) groups excluding carboxylic acids is 1. The van der Waals surface area contributed by atoms with Crippen LogP contribution in [0.5, 0.6) is 0 Å². The maximum atomic E-state index is 12.9. The van der Waals surface area contributed by atoms with E-state index in [9.17, 15) is 18.0 Å². The van der Waals surface area contributed by atoms with Crippen molar-refractivity contribution in [3.8, 4) is 0 Å². The number of piperidine rings is 1. The lowest BCUT2D eigenvalue weighted by molar-refractivity contribution is 0.0603. The molecular weight excluding hydrogens is 384 g/mol. The molecule has 3 aromatic rings. The molecule has 2 aromatic heterocycles. The van der Waals surface area contributed by atoms with Crippen LogP contribution in [0.1, 0.15) is 23.2 Å². The lowest BCUT2D eigenvalue weighted by Crippen LogP contribution is -2.45. The molecule has 3 heterocycles. The maximum Gasteiger partial charge on any atom is 0.340 e. The number of fused-ring (bicyclic) bond motifs is 3. The van der Waals surface area contributed by atoms with Crippen LogP contribution in [-0.4, -0.2) is 50.6 Å². The number of pyridine rings is 1. The summed E-state index contributed by atoms with van der Waals surface area (Å²) in [4.78, 5) is 29.9. The zero-order valence-corrected chi connectivity index (χ0v) is 16.0. The average Bonchev–Trinajstić information content (AvgIpc) is 3.14. The van der Waals surface area contributed by atoms with Crippen LogP contribution >= 0.6 is 0 Å². The van der Waals surface area contributed by atoms with E-state index in [1.807, 2.05) is 0 Å². The first-order chi connectivity index (χ1) is 13.4. The van der Waals surface area contributed by atoms with Crippen LogP contribution in [0.2, 0.25) is 0 Å². The van der Waals surface area contributed by atoms with Gasteiger partial charge in [0.1, 0.15) is 5.52 Å². The van der Waals surface area contributed by atoms with Crippen molar-refractivity contribution in [3.05, 3.63) is 40.3 Å². The van der Waals surface area contributed by atoms with Gasteiger partial charge in [0, 0.05) is 35.1 Å². The number of carbonyl (C=O) groups is 1. The standard InChI is InChI=1S/C18H20N4O5S/c1-27-18(24)13-9-20-16-15(13)12-7-11(4-5-14(12)21-17(16)23)28(25,26)22-10-3-2-6-19-8-10/h4-5,7,9-10,19-20,22H,2-3,6,8H2,1H3,(H,21,23). The Balaban J connectivity index is 1.86. The molecule has 28 heavy (non-hydrogen) atoms. The third-order valence-electron chi connectivity index (χ3n) is 4.95. The molecule has 1 unspecified atom stereocenters. The summed E-state index contributed by atoms with van der Waals surface area (Å²) in [6.07, 6.45) is 3.05. The van der Waals surface area contributed by atoms with Gasteiger partial charge < -0.3 is 20.0 Å². The molecular formula is C18H20N4O5S. The predicted molar refractivity (Wildman–Crippen MR) is 104 cm³/mol. The van der Waals surface area contributed by atoms with Crippen LogP contribution in [0.25, 0.3) is 21.8 Å². The molecule has 1 aromatic carbocycles. The summed E-state index contributed by atoms with van der Waals surface area (Å²) >= 11 is 0. The van der Waals surface area contributed by atoms with E-state index >= 15 is 0 Å². The van der Waals surface area contributed by atoms with E-state index in [2.05, 4.69) is 20.0 Å². The molecule has 0 spiro atoms. The van der Waals surface area contributed by atoms with E-state index in [0.29, 0.717) is 22.8 Å². The van der Waals surface area contributed by atoms with E-state index in [0.717, 1.165) is 19.4 Å². The van der Waals surface area contributed by atoms with Crippen molar-refractivity contribution in [1.82, 2.24) is 20.0 Å². The van der Waals surface area contributed by atoms with Crippen LogP contribution in [0.4, 0.5) is 0 Å². The van der Waals surface area contributed by atoms with Gasteiger partial charge in [0.15, 0.2) is 0 Å². The molecule has 10 heteroatoms. The highest BCUT2D eigenvalue weighted by atomic mass is 32.2. The molecule has 4 rings (SSSR count). The number of rotatable bonds is 4. The highest BCUT2D eigenvalue weighted by molar-refractivity contribution is 7.89. The average molecular weight is 404 g/mol. The molecule has 1 fully saturated rings. The minimum absolute atomic E-state index is 0.0657. The van der Waals surface area contributed by atoms with Crippen molar-refractivity contribution in [3.63, 3.8) is 0 Å². The number of hydrogen-bond acceptors (Lipinski definition) is 6. The number of sulfonamides is 1. The Bertz CT molecular complexity index is 1220. The first-order valence-corrected chi connectivity index (χ1v) is 10.4. The summed E-state index contributed by atoms with van der Waals surface area (Å²) in [5, 5.41) is 3.95. The molecule has 1 saturated heterocycles. The molecule has 0 radical (unpaired) electrons. The Labute approximate surface area is 160 Å². The van der Waals surface area contributed by atoms with Crippen molar-refractivity contribution < 1.29 is 17.9 Å². The Morgan fingerprint density at radius 3 is 2.86 bits per heavy atom. The summed E-state index contributed by atoms with van der Waals surface area (Å²) in [5.41, 5.74) is 0.389. The molecule has 4 N–H and O–H groups in total. The third-order valence-corrected chi connectivity index (χ3v) is 6.47. The fraction of sp³-hybridized carbons (Fsp3) is 0.333. The van der Waals surface area contributed by atoms with E-state index in [4.69, 9.17) is 4.74 Å². The number of aromatic nitrogens is 2. The number of ether oxygens (including phenoxy) is 1. The fourth-order valence-electron chi connectivity index (χ4n) is 3.58. The van der Waals surface area contributed by atoms with E-state index in [1.165, 1.54) is 31.5 Å². The molecule has 0 aliphatic carbocycles. The molecule has 9 nitrogen and oxygen atoms in total. The number of nitrogens with one attached hydrogen (secondary N) is 4. The lowest BCUT2D eigenvalue weighted by atomic mass is 10.1. The Hall–Kier alpha value is -2.69. The number of benzene rings is 1. The summed E-state index contributed by atoms with van der Waals surface area (Å²) in [6.45, 7) is 1.46. The van der Waals surface area contributed by atoms with Crippen LogP contribution in [0.15, 0.2) is 34.1 Å². The Kier molecular flexibility index (Phi) is 4.69. The van der Waals surface area contributed by atoms with Gasteiger partial charge in [-0.25, -0.2) is 17.9 Å². The summed E-state index contributed by atoms with van der Waals surface area (Å²) in [7, 11) is -2.52. The first kappa shape index (κ1) is 18.7. The van der Waals surface area contributed by atoms with Crippen LogP contribution in [0, 0.1) is 0 Å². The van der Waals surface area contributed by atoms with E-state index < -0.39 is 21.6 Å². The zero-order chi connectivity index (χ0) is 19.9. The van der Waals surface area contributed by atoms with Crippen molar-refractivity contribution in [2.24, 2.45) is 0 Å². The molecule has 148 valence electrons. The Morgan fingerprint density at radius 2 is 2.14 bits per heavy atom. The molecule has 0 bridgehead atoms. The second-order valence-electron chi connectivity index (χ2n) is 6.77. The van der Waals surface area contributed by atoms with Crippen LogP contribution in [0.3, 0.4) is 0 Å². The van der Waals surface area contributed by atoms with Gasteiger partial charge >= 0.3 is 5.97 Å². The lowest BCUT2D eigenvalue weighted by Gasteiger charge is -2.23. The number of hydrogen-bond donors (Lipinski definition) is 4. The van der Waals surface area contributed by atoms with Gasteiger partial charge in [-0.2, -0.15) is 0 Å². The van der Waals surface area contributed by atoms with Crippen LogP contribution in [-0.2, 0) is 14.8 Å². The van der Waals surface area contributed by atoms with Gasteiger partial charge in [0.25, 0.3) is 5.56 Å². The largest absolute Gasteiger partial charge is 0.465 e. The zero-order valence-electron chi connectivity index (χ0n) is 15.2. The van der Waals surface area contributed by atoms with Crippen molar-refractivity contribution in [2.45, 2.75) is 23.8 Å². The quantitative estimate of drug-likeness (QED) is 0.476. The smallest absolute Gasteiger partial charge is 0.340 e. The molecule has 0 saturated carbocycles. The summed E-state index contributed by atoms with van der Waals surface area (Å²) in [6, 6.07) is 4.25. The molecule has 1 atom stereocenters. The molecule has 1 aliphatic rings. The summed E-state index contributed by atoms with van der Waals surface area (Å²) in [5.74, 6) is -0.613. The van der Waals surface area contributed by atoms with E-state index in [1.54, 1.807) is 0 Å². The van der Waals surface area contributed by atoms with Crippen molar-refractivity contribution in [1.29, 1.82) is 0 Å². The monoisotopic (exact) mass is 404 g/mol. The van der Waals surface area contributed by atoms with Gasteiger partial charge in [-0.15, -0.1) is 0 Å². The van der Waals surface area contributed by atoms with Gasteiger partial charge in [-0.05, 0) is 37.6 Å². The molecule has 1 aliphatic heterocycles. The topological polar surface area (TPSA) is 133 Å². The number of methoxy groups -OCH3 is 1.